The standard InChI is InChI=1S/C11H20FNO3/c1-8(14)13-9(6-12)7-16-11-4-2-10(15)3-5-11/h9-11,15H,2-7H2,1H3,(H,13,14)/t9-,10-,11-/m0/s1. The first kappa shape index (κ1) is 13.4. The van der Waals surface area contributed by atoms with E-state index in [-0.39, 0.29) is 24.7 Å². The van der Waals surface area contributed by atoms with E-state index in [4.69, 9.17) is 4.74 Å². The van der Waals surface area contributed by atoms with Crippen molar-refractivity contribution in [2.24, 2.45) is 0 Å². The van der Waals surface area contributed by atoms with Crippen LogP contribution < -0.4 is 5.32 Å². The smallest absolute Gasteiger partial charge is 0.217 e. The molecular formula is C11H20FNO3. The van der Waals surface area contributed by atoms with Crippen LogP contribution in [0.2, 0.25) is 0 Å². The second-order valence-electron chi connectivity index (χ2n) is 4.32. The molecule has 1 amide bonds. The second-order valence-corrected chi connectivity index (χ2v) is 4.32. The molecular weight excluding hydrogens is 213 g/mol. The summed E-state index contributed by atoms with van der Waals surface area (Å²) in [7, 11) is 0. The lowest BCUT2D eigenvalue weighted by Crippen LogP contribution is -2.40. The number of ether oxygens (including phenoxy) is 1. The molecule has 0 aromatic heterocycles. The number of nitrogens with one attached hydrogen (secondary N) is 1. The lowest BCUT2D eigenvalue weighted by Gasteiger charge is -2.27. The SMILES string of the molecule is CC(=O)N[C@@H](CF)CO[C@H]1CC[C@H](O)CC1. The van der Waals surface area contributed by atoms with Crippen LogP contribution in [-0.4, -0.2) is 42.5 Å². The number of alkyl halides is 1. The fraction of sp³-hybridized carbons (Fsp3) is 0.909. The summed E-state index contributed by atoms with van der Waals surface area (Å²) in [5, 5.41) is 11.8. The molecule has 1 rings (SSSR count). The van der Waals surface area contributed by atoms with Crippen molar-refractivity contribution in [1.29, 1.82) is 0 Å². The molecule has 0 radical (unpaired) electrons. The summed E-state index contributed by atoms with van der Waals surface area (Å²) >= 11 is 0. The van der Waals surface area contributed by atoms with Crippen LogP contribution in [0.25, 0.3) is 0 Å². The van der Waals surface area contributed by atoms with E-state index in [0.29, 0.717) is 0 Å². The van der Waals surface area contributed by atoms with Crippen LogP contribution in [0.1, 0.15) is 32.6 Å². The normalized spacial score (nSPS) is 27.4. The highest BCUT2D eigenvalue weighted by Crippen LogP contribution is 2.20. The van der Waals surface area contributed by atoms with Gasteiger partial charge >= 0.3 is 0 Å². The van der Waals surface area contributed by atoms with Gasteiger partial charge in [-0.25, -0.2) is 4.39 Å². The predicted molar refractivity (Wildman–Crippen MR) is 57.8 cm³/mol. The summed E-state index contributed by atoms with van der Waals surface area (Å²) in [6.07, 6.45) is 2.97. The van der Waals surface area contributed by atoms with Gasteiger partial charge in [0.2, 0.25) is 5.91 Å². The molecule has 1 saturated carbocycles. The molecule has 1 aliphatic carbocycles. The Morgan fingerprint density at radius 2 is 2.12 bits per heavy atom. The summed E-state index contributed by atoms with van der Waals surface area (Å²) in [6, 6.07) is -0.552. The average Bonchev–Trinajstić information content (AvgIpc) is 2.26. The van der Waals surface area contributed by atoms with Gasteiger partial charge in [-0.2, -0.15) is 0 Å². The molecule has 2 N–H and O–H groups in total. The van der Waals surface area contributed by atoms with Gasteiger partial charge in [-0.3, -0.25) is 4.79 Å². The van der Waals surface area contributed by atoms with Gasteiger partial charge in [-0.15, -0.1) is 0 Å². The number of rotatable bonds is 5. The minimum Gasteiger partial charge on any atom is -0.393 e. The first-order valence-electron chi connectivity index (χ1n) is 5.74. The maximum Gasteiger partial charge on any atom is 0.217 e. The number of aliphatic hydroxyl groups is 1. The quantitative estimate of drug-likeness (QED) is 0.737. The van der Waals surface area contributed by atoms with Crippen molar-refractivity contribution in [3.8, 4) is 0 Å². The third-order valence-corrected chi connectivity index (χ3v) is 2.77. The molecule has 0 aromatic rings. The van der Waals surface area contributed by atoms with E-state index >= 15 is 0 Å². The highest BCUT2D eigenvalue weighted by atomic mass is 19.1. The number of amides is 1. The molecule has 0 heterocycles. The van der Waals surface area contributed by atoms with E-state index in [1.165, 1.54) is 6.92 Å². The van der Waals surface area contributed by atoms with Gasteiger partial charge in [0.05, 0.1) is 24.9 Å². The Balaban J connectivity index is 2.19. The molecule has 1 aliphatic rings. The second kappa shape index (κ2) is 6.81. The van der Waals surface area contributed by atoms with E-state index < -0.39 is 12.7 Å². The summed E-state index contributed by atoms with van der Waals surface area (Å²) in [5.74, 6) is -0.245. The lowest BCUT2D eigenvalue weighted by atomic mass is 9.95. The van der Waals surface area contributed by atoms with Crippen molar-refractivity contribution in [3.05, 3.63) is 0 Å². The topological polar surface area (TPSA) is 58.6 Å². The number of halogens is 1. The molecule has 1 atom stereocenters. The molecule has 0 saturated heterocycles. The Morgan fingerprint density at radius 3 is 2.62 bits per heavy atom. The third-order valence-electron chi connectivity index (χ3n) is 2.77. The zero-order valence-corrected chi connectivity index (χ0v) is 9.62. The molecule has 0 bridgehead atoms. The maximum absolute atomic E-state index is 12.5. The molecule has 0 unspecified atom stereocenters. The van der Waals surface area contributed by atoms with Crippen LogP contribution in [0.15, 0.2) is 0 Å². The van der Waals surface area contributed by atoms with Gasteiger partial charge in [-0.05, 0) is 25.7 Å². The van der Waals surface area contributed by atoms with Gasteiger partial charge in [0, 0.05) is 6.92 Å². The fourth-order valence-electron chi connectivity index (χ4n) is 1.88. The molecule has 1 fully saturated rings. The van der Waals surface area contributed by atoms with Crippen molar-refractivity contribution in [2.45, 2.75) is 50.9 Å². The summed E-state index contributed by atoms with van der Waals surface area (Å²) in [4.78, 5) is 10.7. The van der Waals surface area contributed by atoms with Crippen molar-refractivity contribution in [1.82, 2.24) is 5.32 Å². The van der Waals surface area contributed by atoms with Crippen LogP contribution in [0.3, 0.4) is 0 Å². The van der Waals surface area contributed by atoms with Crippen LogP contribution in [-0.2, 0) is 9.53 Å². The Labute approximate surface area is 95.2 Å². The maximum atomic E-state index is 12.5. The first-order valence-corrected chi connectivity index (χ1v) is 5.74. The highest BCUT2D eigenvalue weighted by Gasteiger charge is 2.21. The van der Waals surface area contributed by atoms with E-state index in [0.717, 1.165) is 25.7 Å². The van der Waals surface area contributed by atoms with Crippen molar-refractivity contribution in [2.75, 3.05) is 13.3 Å². The minimum atomic E-state index is -0.616. The number of hydrogen-bond donors (Lipinski definition) is 2. The molecule has 94 valence electrons. The number of hydrogen-bond acceptors (Lipinski definition) is 3. The van der Waals surface area contributed by atoms with Gasteiger partial charge in [-0.1, -0.05) is 0 Å². The fourth-order valence-corrected chi connectivity index (χ4v) is 1.88. The molecule has 16 heavy (non-hydrogen) atoms. The molecule has 0 aliphatic heterocycles. The number of carbonyl (C=O) groups excluding carboxylic acids is 1. The molecule has 0 aromatic carbocycles. The average molecular weight is 233 g/mol. The van der Waals surface area contributed by atoms with E-state index in [2.05, 4.69) is 5.32 Å². The minimum absolute atomic E-state index is 0.0891. The third kappa shape index (κ3) is 4.90. The monoisotopic (exact) mass is 233 g/mol. The number of aliphatic hydroxyl groups excluding tert-OH is 1. The van der Waals surface area contributed by atoms with E-state index in [1.807, 2.05) is 0 Å². The van der Waals surface area contributed by atoms with Crippen molar-refractivity contribution in [3.63, 3.8) is 0 Å². The summed E-state index contributed by atoms with van der Waals surface area (Å²) < 4.78 is 18.0. The molecule has 4 nitrogen and oxygen atoms in total. The summed E-state index contributed by atoms with van der Waals surface area (Å²) in [5.41, 5.74) is 0. The lowest BCUT2D eigenvalue weighted by molar-refractivity contribution is -0.120. The largest absolute Gasteiger partial charge is 0.393 e. The molecule has 5 heteroatoms. The predicted octanol–water partition coefficient (Wildman–Crippen LogP) is 0.781. The van der Waals surface area contributed by atoms with Crippen LogP contribution in [0, 0.1) is 0 Å². The van der Waals surface area contributed by atoms with E-state index in [1.54, 1.807) is 0 Å². The Hall–Kier alpha value is -0.680. The Kier molecular flexibility index (Phi) is 5.69. The number of carbonyl (C=O) groups is 1. The van der Waals surface area contributed by atoms with Crippen LogP contribution >= 0.6 is 0 Å². The van der Waals surface area contributed by atoms with Crippen LogP contribution in [0.4, 0.5) is 4.39 Å². The first-order chi connectivity index (χ1) is 7.61. The van der Waals surface area contributed by atoms with Crippen LogP contribution in [0.5, 0.6) is 0 Å². The Bertz CT molecular complexity index is 217. The summed E-state index contributed by atoms with van der Waals surface area (Å²) in [6.45, 7) is 0.950. The molecule has 0 spiro atoms. The highest BCUT2D eigenvalue weighted by molar-refractivity contribution is 5.73. The zero-order valence-electron chi connectivity index (χ0n) is 9.62. The van der Waals surface area contributed by atoms with Crippen molar-refractivity contribution >= 4 is 5.91 Å². The van der Waals surface area contributed by atoms with Crippen molar-refractivity contribution < 1.29 is 19.0 Å². The van der Waals surface area contributed by atoms with Gasteiger partial charge in [0.25, 0.3) is 0 Å². The van der Waals surface area contributed by atoms with E-state index in [9.17, 15) is 14.3 Å². The Morgan fingerprint density at radius 1 is 1.50 bits per heavy atom. The van der Waals surface area contributed by atoms with Gasteiger partial charge in [0.15, 0.2) is 0 Å². The zero-order chi connectivity index (χ0) is 12.0. The van der Waals surface area contributed by atoms with Gasteiger partial charge in [0.1, 0.15) is 6.67 Å². The van der Waals surface area contributed by atoms with Gasteiger partial charge < -0.3 is 15.2 Å².